The van der Waals surface area contributed by atoms with Crippen LogP contribution in [0, 0.1) is 5.92 Å². The van der Waals surface area contributed by atoms with Crippen LogP contribution >= 0.6 is 0 Å². The zero-order chi connectivity index (χ0) is 32.2. The maximum Gasteiger partial charge on any atom is 0.271 e. The van der Waals surface area contributed by atoms with Gasteiger partial charge in [0, 0.05) is 49.6 Å². The lowest BCUT2D eigenvalue weighted by molar-refractivity contribution is -0.137. The predicted octanol–water partition coefficient (Wildman–Crippen LogP) is 4.83. The van der Waals surface area contributed by atoms with Crippen LogP contribution < -0.4 is 0 Å². The molecule has 0 aliphatic carbocycles. The number of aliphatic hydroxyl groups is 1. The van der Waals surface area contributed by atoms with Crippen LogP contribution in [-0.2, 0) is 29.6 Å². The van der Waals surface area contributed by atoms with Gasteiger partial charge in [0.25, 0.3) is 5.91 Å². The summed E-state index contributed by atoms with van der Waals surface area (Å²) < 4.78 is 8.68. The molecule has 1 aromatic heterocycles. The Morgan fingerprint density at radius 3 is 2.38 bits per heavy atom. The molecule has 8 heteroatoms. The molecule has 0 spiro atoms. The summed E-state index contributed by atoms with van der Waals surface area (Å²) in [5.41, 5.74) is 5.47. The number of nitrogens with zero attached hydrogens (tertiary/aromatic N) is 4. The second kappa shape index (κ2) is 14.0. The fourth-order valence-corrected chi connectivity index (χ4v) is 6.47. The Bertz CT molecular complexity index is 1630. The predicted molar refractivity (Wildman–Crippen MR) is 179 cm³/mol. The molecule has 238 valence electrons. The molecule has 8 nitrogen and oxygen atoms in total. The van der Waals surface area contributed by atoms with Crippen molar-refractivity contribution in [3.8, 4) is 11.1 Å². The van der Waals surface area contributed by atoms with E-state index in [1.54, 1.807) is 9.80 Å². The Kier molecular flexibility index (Phi) is 10.1. The highest BCUT2D eigenvalue weighted by molar-refractivity contribution is 6.10. The van der Waals surface area contributed by atoms with Crippen molar-refractivity contribution >= 4 is 22.7 Å². The molecule has 5 rings (SSSR count). The van der Waals surface area contributed by atoms with Crippen molar-refractivity contribution in [1.29, 1.82) is 0 Å². The van der Waals surface area contributed by atoms with Gasteiger partial charge >= 0.3 is 0 Å². The lowest BCUT2D eigenvalue weighted by Crippen LogP contribution is -2.50. The topological polar surface area (TPSA) is 78.2 Å². The Hall–Kier alpha value is -3.98. The van der Waals surface area contributed by atoms with Gasteiger partial charge in [0.2, 0.25) is 5.91 Å². The molecule has 0 unspecified atom stereocenters. The zero-order valence-corrected chi connectivity index (χ0v) is 27.3. The van der Waals surface area contributed by atoms with Crippen molar-refractivity contribution in [1.82, 2.24) is 19.3 Å². The molecule has 1 aliphatic rings. The van der Waals surface area contributed by atoms with E-state index in [0.29, 0.717) is 31.8 Å². The minimum atomic E-state index is -0.411. The SMILES string of the molecule is C[C@H](CO)N1C[C@H](C)[C@@H](CN(C)C(=O)[C@@H](Cc2ccccc2)N(C)C)OCc2ccccc2-c2c(n(C)c3ccccc23)C1=O. The number of hydrogen-bond donors (Lipinski definition) is 1. The van der Waals surface area contributed by atoms with E-state index < -0.39 is 6.04 Å². The van der Waals surface area contributed by atoms with Gasteiger partial charge in [-0.05, 0) is 50.2 Å². The molecule has 3 aromatic carbocycles. The van der Waals surface area contributed by atoms with E-state index in [4.69, 9.17) is 4.74 Å². The number of likely N-dealkylation sites (N-methyl/N-ethyl adjacent to an activating group) is 2. The highest BCUT2D eigenvalue weighted by atomic mass is 16.5. The second-order valence-electron chi connectivity index (χ2n) is 12.7. The fourth-order valence-electron chi connectivity index (χ4n) is 6.47. The summed E-state index contributed by atoms with van der Waals surface area (Å²) in [6.07, 6.45) is 0.249. The largest absolute Gasteiger partial charge is 0.394 e. The molecule has 2 heterocycles. The summed E-state index contributed by atoms with van der Waals surface area (Å²) in [6.45, 7) is 4.84. The van der Waals surface area contributed by atoms with Crippen molar-refractivity contribution in [2.24, 2.45) is 13.0 Å². The highest BCUT2D eigenvalue weighted by Gasteiger charge is 2.34. The first-order valence-electron chi connectivity index (χ1n) is 15.8. The summed E-state index contributed by atoms with van der Waals surface area (Å²) >= 11 is 0. The molecule has 2 amide bonds. The minimum Gasteiger partial charge on any atom is -0.394 e. The van der Waals surface area contributed by atoms with Gasteiger partial charge in [-0.1, -0.05) is 79.7 Å². The van der Waals surface area contributed by atoms with Gasteiger partial charge < -0.3 is 24.2 Å². The average Bonchev–Trinajstić information content (AvgIpc) is 3.34. The number of carbonyl (C=O) groups excluding carboxylic acids is 2. The fraction of sp³-hybridized carbons (Fsp3) is 0.405. The Balaban J connectivity index is 1.52. The normalized spacial score (nSPS) is 18.7. The van der Waals surface area contributed by atoms with Crippen LogP contribution in [0.5, 0.6) is 0 Å². The highest BCUT2D eigenvalue weighted by Crippen LogP contribution is 2.38. The third-order valence-electron chi connectivity index (χ3n) is 9.24. The zero-order valence-electron chi connectivity index (χ0n) is 27.3. The van der Waals surface area contributed by atoms with E-state index in [9.17, 15) is 14.7 Å². The Labute approximate surface area is 266 Å². The minimum absolute atomic E-state index is 0.0184. The molecular formula is C37H46N4O4. The summed E-state index contributed by atoms with van der Waals surface area (Å²) in [4.78, 5) is 34.0. The van der Waals surface area contributed by atoms with Gasteiger partial charge in [-0.25, -0.2) is 0 Å². The van der Waals surface area contributed by atoms with Crippen molar-refractivity contribution in [3.63, 3.8) is 0 Å². The number of fused-ring (bicyclic) bond motifs is 5. The standard InChI is InChI=1S/C37H46N4O4/c1-25-21-41(26(2)23-42)37(44)35-34(30-18-12-13-19-31(30)40(35)6)29-17-11-10-16-28(29)24-45-33(25)22-39(5)36(43)32(38(3)4)20-27-14-8-7-9-15-27/h7-19,25-26,32-33,42H,20-24H2,1-6H3/t25-,26+,32+,33+/m0/s1. The van der Waals surface area contributed by atoms with E-state index in [2.05, 4.69) is 19.1 Å². The van der Waals surface area contributed by atoms with Gasteiger partial charge in [0.15, 0.2) is 0 Å². The van der Waals surface area contributed by atoms with Crippen LogP contribution in [-0.4, -0.2) is 95.2 Å². The van der Waals surface area contributed by atoms with Crippen molar-refractivity contribution in [2.75, 3.05) is 40.8 Å². The maximum atomic E-state index is 14.6. The Morgan fingerprint density at radius 2 is 1.67 bits per heavy atom. The molecular weight excluding hydrogens is 564 g/mol. The number of rotatable bonds is 8. The smallest absolute Gasteiger partial charge is 0.271 e. The lowest BCUT2D eigenvalue weighted by atomic mass is 9.96. The van der Waals surface area contributed by atoms with Gasteiger partial charge in [-0.3, -0.25) is 14.5 Å². The average molecular weight is 611 g/mol. The number of aryl methyl sites for hydroxylation is 1. The molecule has 0 saturated carbocycles. The number of aromatic nitrogens is 1. The summed E-state index contributed by atoms with van der Waals surface area (Å²) in [6, 6.07) is 25.5. The van der Waals surface area contributed by atoms with Crippen molar-refractivity contribution < 1.29 is 19.4 Å². The van der Waals surface area contributed by atoms with Crippen LogP contribution in [0.15, 0.2) is 78.9 Å². The van der Waals surface area contributed by atoms with E-state index in [0.717, 1.165) is 33.2 Å². The lowest BCUT2D eigenvalue weighted by Gasteiger charge is -2.36. The van der Waals surface area contributed by atoms with Gasteiger partial charge in [0.1, 0.15) is 5.69 Å². The maximum absolute atomic E-state index is 14.6. The number of amides is 2. The first kappa shape index (κ1) is 32.4. The molecule has 0 saturated heterocycles. The number of para-hydroxylation sites is 1. The van der Waals surface area contributed by atoms with Crippen LogP contribution in [0.3, 0.4) is 0 Å². The molecule has 1 N–H and O–H groups in total. The quantitative estimate of drug-likeness (QED) is 0.309. The first-order chi connectivity index (χ1) is 21.6. The van der Waals surface area contributed by atoms with Gasteiger partial charge in [-0.2, -0.15) is 0 Å². The summed E-state index contributed by atoms with van der Waals surface area (Å²) in [5.74, 6) is -0.244. The van der Waals surface area contributed by atoms with Gasteiger partial charge in [-0.15, -0.1) is 0 Å². The van der Waals surface area contributed by atoms with Crippen molar-refractivity contribution in [2.45, 2.75) is 45.1 Å². The van der Waals surface area contributed by atoms with E-state index in [-0.39, 0.29) is 36.5 Å². The molecule has 4 aromatic rings. The third kappa shape index (κ3) is 6.69. The monoisotopic (exact) mass is 610 g/mol. The number of carbonyl (C=O) groups is 2. The van der Waals surface area contributed by atoms with Crippen LogP contribution in [0.2, 0.25) is 0 Å². The Morgan fingerprint density at radius 1 is 1.00 bits per heavy atom. The molecule has 0 fully saturated rings. The summed E-state index contributed by atoms with van der Waals surface area (Å²) in [5, 5.41) is 11.3. The number of aliphatic hydroxyl groups excluding tert-OH is 1. The number of benzene rings is 3. The third-order valence-corrected chi connectivity index (χ3v) is 9.24. The number of ether oxygens (including phenoxy) is 1. The molecule has 0 bridgehead atoms. The second-order valence-corrected chi connectivity index (χ2v) is 12.7. The molecule has 0 radical (unpaired) electrons. The van der Waals surface area contributed by atoms with E-state index in [1.165, 1.54) is 0 Å². The van der Waals surface area contributed by atoms with Crippen LogP contribution in [0.4, 0.5) is 0 Å². The molecule has 4 atom stereocenters. The van der Waals surface area contributed by atoms with E-state index >= 15 is 0 Å². The van der Waals surface area contributed by atoms with Crippen molar-refractivity contribution in [3.05, 3.63) is 95.7 Å². The molecule has 1 aliphatic heterocycles. The summed E-state index contributed by atoms with van der Waals surface area (Å²) in [7, 11) is 7.64. The molecule has 45 heavy (non-hydrogen) atoms. The van der Waals surface area contributed by atoms with Crippen LogP contribution in [0.1, 0.15) is 35.5 Å². The number of hydrogen-bond acceptors (Lipinski definition) is 5. The van der Waals surface area contributed by atoms with Gasteiger partial charge in [0.05, 0.1) is 31.4 Å². The van der Waals surface area contributed by atoms with Crippen LogP contribution in [0.25, 0.3) is 22.0 Å². The van der Waals surface area contributed by atoms with E-state index in [1.807, 2.05) is 111 Å². The first-order valence-corrected chi connectivity index (χ1v) is 15.8.